The molecule has 20 heavy (non-hydrogen) atoms. The average molecular weight is 276 g/mol. The highest BCUT2D eigenvalue weighted by Crippen LogP contribution is 2.24. The van der Waals surface area contributed by atoms with Gasteiger partial charge < -0.3 is 19.3 Å². The molecule has 1 aromatic rings. The van der Waals surface area contributed by atoms with Gasteiger partial charge in [0.05, 0.1) is 26.0 Å². The van der Waals surface area contributed by atoms with Gasteiger partial charge in [-0.3, -0.25) is 0 Å². The predicted molar refractivity (Wildman–Crippen MR) is 82.8 cm³/mol. The van der Waals surface area contributed by atoms with E-state index in [0.29, 0.717) is 0 Å². The Morgan fingerprint density at radius 3 is 2.25 bits per heavy atom. The molecule has 0 saturated carbocycles. The van der Waals surface area contributed by atoms with E-state index in [-0.39, 0.29) is 0 Å². The minimum Gasteiger partial charge on any atom is -0.494 e. The fourth-order valence-electron chi connectivity index (χ4n) is 2.32. The Hall–Kier alpha value is -1.68. The molecule has 0 unspecified atom stereocenters. The number of anilines is 1. The monoisotopic (exact) mass is 276 g/mol. The smallest absolute Gasteiger partial charge is 0.144 e. The van der Waals surface area contributed by atoms with Gasteiger partial charge in [0.15, 0.2) is 0 Å². The Labute approximate surface area is 121 Å². The third-order valence-corrected chi connectivity index (χ3v) is 3.71. The largest absolute Gasteiger partial charge is 0.494 e. The Kier molecular flexibility index (Phi) is 4.90. The van der Waals surface area contributed by atoms with Crippen molar-refractivity contribution in [2.24, 2.45) is 0 Å². The number of ether oxygens (including phenoxy) is 2. The van der Waals surface area contributed by atoms with Crippen molar-refractivity contribution in [3.63, 3.8) is 0 Å². The van der Waals surface area contributed by atoms with Crippen molar-refractivity contribution < 1.29 is 9.47 Å². The van der Waals surface area contributed by atoms with E-state index in [0.717, 1.165) is 43.3 Å². The number of hydrogen-bond acceptors (Lipinski definition) is 4. The lowest BCUT2D eigenvalue weighted by atomic mass is 10.1. The summed E-state index contributed by atoms with van der Waals surface area (Å²) in [5.41, 5.74) is 3.47. The second-order valence-corrected chi connectivity index (χ2v) is 5.16. The standard InChI is InChI=1S/C16H24N2O2/c1-13(17(2)3)16(19-4)14-5-7-15(8-6-14)18-9-11-20-12-10-18/h5-8H,9-12H2,1-4H3/b16-13+. The summed E-state index contributed by atoms with van der Waals surface area (Å²) in [6, 6.07) is 8.55. The van der Waals surface area contributed by atoms with E-state index in [2.05, 4.69) is 41.0 Å². The van der Waals surface area contributed by atoms with Crippen LogP contribution in [0.1, 0.15) is 12.5 Å². The molecular formula is C16H24N2O2. The summed E-state index contributed by atoms with van der Waals surface area (Å²) >= 11 is 0. The molecule has 0 spiro atoms. The van der Waals surface area contributed by atoms with Gasteiger partial charge >= 0.3 is 0 Å². The molecule has 0 atom stereocenters. The number of nitrogens with zero attached hydrogens (tertiary/aromatic N) is 2. The maximum atomic E-state index is 5.55. The molecule has 2 rings (SSSR count). The zero-order chi connectivity index (χ0) is 14.5. The summed E-state index contributed by atoms with van der Waals surface area (Å²) in [7, 11) is 5.77. The van der Waals surface area contributed by atoms with Crippen molar-refractivity contribution >= 4 is 11.4 Å². The highest BCUT2D eigenvalue weighted by molar-refractivity contribution is 5.64. The number of hydrogen-bond donors (Lipinski definition) is 0. The van der Waals surface area contributed by atoms with E-state index in [1.54, 1.807) is 7.11 Å². The van der Waals surface area contributed by atoms with Crippen molar-refractivity contribution in [3.05, 3.63) is 35.5 Å². The zero-order valence-electron chi connectivity index (χ0n) is 12.8. The quantitative estimate of drug-likeness (QED) is 0.789. The highest BCUT2D eigenvalue weighted by atomic mass is 16.5. The van der Waals surface area contributed by atoms with Crippen LogP contribution in [-0.4, -0.2) is 52.4 Å². The van der Waals surface area contributed by atoms with Crippen LogP contribution in [0.4, 0.5) is 5.69 Å². The molecule has 0 aromatic heterocycles. The number of allylic oxidation sites excluding steroid dienone is 1. The molecule has 1 aliphatic rings. The summed E-state index contributed by atoms with van der Waals surface area (Å²) in [5, 5.41) is 0. The highest BCUT2D eigenvalue weighted by Gasteiger charge is 2.12. The molecule has 1 saturated heterocycles. The van der Waals surface area contributed by atoms with Crippen LogP contribution < -0.4 is 4.90 Å². The molecule has 4 heteroatoms. The third kappa shape index (κ3) is 3.25. The molecule has 110 valence electrons. The Morgan fingerprint density at radius 2 is 1.75 bits per heavy atom. The van der Waals surface area contributed by atoms with Gasteiger partial charge in [0, 0.05) is 38.4 Å². The second-order valence-electron chi connectivity index (χ2n) is 5.16. The first-order chi connectivity index (χ1) is 9.63. The van der Waals surface area contributed by atoms with Crippen LogP contribution in [0.2, 0.25) is 0 Å². The van der Waals surface area contributed by atoms with E-state index in [1.807, 2.05) is 14.1 Å². The van der Waals surface area contributed by atoms with Gasteiger partial charge in [-0.2, -0.15) is 0 Å². The van der Waals surface area contributed by atoms with Crippen LogP contribution in [0.5, 0.6) is 0 Å². The van der Waals surface area contributed by atoms with E-state index in [9.17, 15) is 0 Å². The molecule has 1 heterocycles. The van der Waals surface area contributed by atoms with Crippen LogP contribution in [0.25, 0.3) is 5.76 Å². The van der Waals surface area contributed by atoms with Crippen LogP contribution in [0, 0.1) is 0 Å². The third-order valence-electron chi connectivity index (χ3n) is 3.71. The molecular weight excluding hydrogens is 252 g/mol. The lowest BCUT2D eigenvalue weighted by Crippen LogP contribution is -2.36. The first kappa shape index (κ1) is 14.7. The Morgan fingerprint density at radius 1 is 1.15 bits per heavy atom. The molecule has 0 amide bonds. The normalized spacial score (nSPS) is 16.7. The molecule has 1 aliphatic heterocycles. The van der Waals surface area contributed by atoms with Gasteiger partial charge in [-0.1, -0.05) is 0 Å². The van der Waals surface area contributed by atoms with Crippen LogP contribution >= 0.6 is 0 Å². The SMILES string of the molecule is CO/C(=C(\C)N(C)C)c1ccc(N2CCOCC2)cc1. The topological polar surface area (TPSA) is 24.9 Å². The van der Waals surface area contributed by atoms with Crippen molar-refractivity contribution in [2.75, 3.05) is 52.4 Å². The maximum Gasteiger partial charge on any atom is 0.144 e. The second kappa shape index (κ2) is 6.66. The molecule has 4 nitrogen and oxygen atoms in total. The minimum absolute atomic E-state index is 0.810. The summed E-state index contributed by atoms with van der Waals surface area (Å²) in [6.07, 6.45) is 0. The van der Waals surface area contributed by atoms with Crippen LogP contribution in [-0.2, 0) is 9.47 Å². The van der Waals surface area contributed by atoms with Gasteiger partial charge in [0.1, 0.15) is 5.76 Å². The van der Waals surface area contributed by atoms with Gasteiger partial charge in [-0.05, 0) is 31.2 Å². The molecule has 0 aliphatic carbocycles. The van der Waals surface area contributed by atoms with Crippen LogP contribution in [0.15, 0.2) is 30.0 Å². The van der Waals surface area contributed by atoms with Crippen molar-refractivity contribution in [1.82, 2.24) is 4.90 Å². The molecule has 1 fully saturated rings. The van der Waals surface area contributed by atoms with E-state index in [1.165, 1.54) is 5.69 Å². The van der Waals surface area contributed by atoms with Crippen LogP contribution in [0.3, 0.4) is 0 Å². The van der Waals surface area contributed by atoms with Gasteiger partial charge in [0.25, 0.3) is 0 Å². The van der Waals surface area contributed by atoms with E-state index in [4.69, 9.17) is 9.47 Å². The number of benzene rings is 1. The summed E-state index contributed by atoms with van der Waals surface area (Å²) in [4.78, 5) is 4.41. The fraction of sp³-hybridized carbons (Fsp3) is 0.500. The summed E-state index contributed by atoms with van der Waals surface area (Å²) in [5.74, 6) is 0.920. The van der Waals surface area contributed by atoms with Crippen molar-refractivity contribution in [3.8, 4) is 0 Å². The van der Waals surface area contributed by atoms with Crippen molar-refractivity contribution in [1.29, 1.82) is 0 Å². The number of methoxy groups -OCH3 is 1. The Bertz CT molecular complexity index is 460. The van der Waals surface area contributed by atoms with Crippen molar-refractivity contribution in [2.45, 2.75) is 6.92 Å². The fourth-order valence-corrected chi connectivity index (χ4v) is 2.32. The molecule has 0 radical (unpaired) electrons. The van der Waals surface area contributed by atoms with Gasteiger partial charge in [-0.15, -0.1) is 0 Å². The van der Waals surface area contributed by atoms with Gasteiger partial charge in [0.2, 0.25) is 0 Å². The lowest BCUT2D eigenvalue weighted by Gasteiger charge is -2.29. The molecule has 1 aromatic carbocycles. The first-order valence-electron chi connectivity index (χ1n) is 6.99. The van der Waals surface area contributed by atoms with E-state index < -0.39 is 0 Å². The van der Waals surface area contributed by atoms with E-state index >= 15 is 0 Å². The molecule has 0 bridgehead atoms. The maximum absolute atomic E-state index is 5.55. The lowest BCUT2D eigenvalue weighted by molar-refractivity contribution is 0.122. The summed E-state index contributed by atoms with van der Waals surface area (Å²) in [6.45, 7) is 5.61. The average Bonchev–Trinajstić information content (AvgIpc) is 2.49. The minimum atomic E-state index is 0.810. The zero-order valence-corrected chi connectivity index (χ0v) is 12.8. The number of morpholine rings is 1. The predicted octanol–water partition coefficient (Wildman–Crippen LogP) is 2.42. The first-order valence-corrected chi connectivity index (χ1v) is 6.99. The Balaban J connectivity index is 2.20. The number of rotatable bonds is 4. The van der Waals surface area contributed by atoms with Gasteiger partial charge in [-0.25, -0.2) is 0 Å². The molecule has 0 N–H and O–H groups in total. The summed E-state index contributed by atoms with van der Waals surface area (Å²) < 4.78 is 10.9.